The fourth-order valence-corrected chi connectivity index (χ4v) is 3.73. The number of carbonyl (C=O) groups excluding carboxylic acids is 2. The van der Waals surface area contributed by atoms with Crippen LogP contribution in [0.1, 0.15) is 35.3 Å². The summed E-state index contributed by atoms with van der Waals surface area (Å²) < 4.78 is 30.1. The zero-order valence-electron chi connectivity index (χ0n) is 17.7. The minimum absolute atomic E-state index is 0.107. The number of amides is 1. The van der Waals surface area contributed by atoms with Crippen molar-refractivity contribution in [2.24, 2.45) is 10.9 Å². The molecule has 1 amide bonds. The summed E-state index contributed by atoms with van der Waals surface area (Å²) in [7, 11) is 0. The molecule has 0 bridgehead atoms. The molecular weight excluding hydrogens is 414 g/mol. The van der Waals surface area contributed by atoms with Gasteiger partial charge in [0.05, 0.1) is 0 Å². The van der Waals surface area contributed by atoms with E-state index in [0.717, 1.165) is 22.8 Å². The predicted octanol–water partition coefficient (Wildman–Crippen LogP) is 4.79. The number of carbonyl (C=O) groups is 2. The van der Waals surface area contributed by atoms with Gasteiger partial charge in [0.2, 0.25) is 5.78 Å². The maximum atomic E-state index is 15.4. The van der Waals surface area contributed by atoms with Crippen molar-refractivity contribution in [2.75, 3.05) is 0 Å². The van der Waals surface area contributed by atoms with Crippen molar-refractivity contribution in [3.63, 3.8) is 0 Å². The van der Waals surface area contributed by atoms with Crippen LogP contribution in [0.25, 0.3) is 22.3 Å². The lowest BCUT2D eigenvalue weighted by Crippen LogP contribution is -2.33. The molecule has 3 aromatic rings. The van der Waals surface area contributed by atoms with E-state index in [9.17, 15) is 14.0 Å². The predicted molar refractivity (Wildman–Crippen MR) is 117 cm³/mol. The Morgan fingerprint density at radius 3 is 2.19 bits per heavy atom. The Morgan fingerprint density at radius 2 is 1.62 bits per heavy atom. The standard InChI is InChI=1S/C25H20F2N2O3/c1-13-6-4-5-7-16(13)14-8-10-15(11-9-14)19-17(22-23(30)25(2,3)32-29-22)12-18(26)20(21(19)27)24(28)31/h4-12H,1-3H3,(H2,28,31). The number of hydrogen-bond donors (Lipinski definition) is 1. The van der Waals surface area contributed by atoms with Gasteiger partial charge in [0.1, 0.15) is 17.2 Å². The summed E-state index contributed by atoms with van der Waals surface area (Å²) >= 11 is 0. The van der Waals surface area contributed by atoms with Crippen molar-refractivity contribution in [3.8, 4) is 22.3 Å². The van der Waals surface area contributed by atoms with Crippen LogP contribution in [0.4, 0.5) is 8.78 Å². The molecule has 0 radical (unpaired) electrons. The summed E-state index contributed by atoms with van der Waals surface area (Å²) in [6.45, 7) is 4.99. The van der Waals surface area contributed by atoms with E-state index >= 15 is 4.39 Å². The van der Waals surface area contributed by atoms with Gasteiger partial charge in [-0.05, 0) is 49.1 Å². The van der Waals surface area contributed by atoms with Gasteiger partial charge in [0, 0.05) is 11.1 Å². The number of Topliss-reactive ketones (excluding diaryl/α,β-unsaturated/α-hetero) is 1. The lowest BCUT2D eigenvalue weighted by atomic mass is 9.88. The first-order chi connectivity index (χ1) is 15.1. The van der Waals surface area contributed by atoms with Crippen molar-refractivity contribution in [2.45, 2.75) is 26.4 Å². The monoisotopic (exact) mass is 434 g/mol. The maximum absolute atomic E-state index is 15.4. The van der Waals surface area contributed by atoms with E-state index in [1.165, 1.54) is 13.8 Å². The smallest absolute Gasteiger partial charge is 0.254 e. The van der Waals surface area contributed by atoms with Gasteiger partial charge in [-0.25, -0.2) is 8.78 Å². The average molecular weight is 434 g/mol. The molecule has 0 unspecified atom stereocenters. The van der Waals surface area contributed by atoms with Crippen LogP contribution in [-0.2, 0) is 9.63 Å². The first-order valence-corrected chi connectivity index (χ1v) is 9.91. The van der Waals surface area contributed by atoms with Crippen LogP contribution in [0.3, 0.4) is 0 Å². The summed E-state index contributed by atoms with van der Waals surface area (Å²) in [6, 6.07) is 15.5. The number of primary amides is 1. The van der Waals surface area contributed by atoms with Crippen LogP contribution in [0.15, 0.2) is 59.8 Å². The molecule has 0 saturated heterocycles. The Labute approximate surface area is 183 Å². The Hall–Kier alpha value is -3.87. The summed E-state index contributed by atoms with van der Waals surface area (Å²) in [4.78, 5) is 29.6. The Kier molecular flexibility index (Phi) is 5.12. The van der Waals surface area contributed by atoms with Crippen LogP contribution in [0.2, 0.25) is 0 Å². The molecule has 0 saturated carbocycles. The molecule has 3 aromatic carbocycles. The molecule has 1 aliphatic heterocycles. The summed E-state index contributed by atoms with van der Waals surface area (Å²) in [5.41, 5.74) is 5.88. The minimum atomic E-state index is -1.27. The third kappa shape index (κ3) is 3.45. The fraction of sp³-hybridized carbons (Fsp3) is 0.160. The second-order valence-electron chi connectivity index (χ2n) is 8.10. The molecule has 7 heteroatoms. The van der Waals surface area contributed by atoms with E-state index in [0.29, 0.717) is 5.56 Å². The number of ketones is 1. The number of aryl methyl sites for hydroxylation is 1. The van der Waals surface area contributed by atoms with E-state index in [-0.39, 0.29) is 16.8 Å². The van der Waals surface area contributed by atoms with Crippen molar-refractivity contribution in [1.29, 1.82) is 0 Å². The lowest BCUT2D eigenvalue weighted by molar-refractivity contribution is -0.128. The topological polar surface area (TPSA) is 81.8 Å². The van der Waals surface area contributed by atoms with Crippen molar-refractivity contribution < 1.29 is 23.2 Å². The number of hydrogen-bond acceptors (Lipinski definition) is 4. The van der Waals surface area contributed by atoms with Gasteiger partial charge >= 0.3 is 0 Å². The van der Waals surface area contributed by atoms with Gasteiger partial charge in [-0.3, -0.25) is 9.59 Å². The molecule has 0 atom stereocenters. The Balaban J connectivity index is 1.91. The molecule has 1 heterocycles. The first-order valence-electron chi connectivity index (χ1n) is 9.91. The van der Waals surface area contributed by atoms with Crippen molar-refractivity contribution >= 4 is 17.4 Å². The number of rotatable bonds is 4. The van der Waals surface area contributed by atoms with Crippen LogP contribution in [-0.4, -0.2) is 23.0 Å². The van der Waals surface area contributed by atoms with E-state index < -0.39 is 34.5 Å². The highest BCUT2D eigenvalue weighted by atomic mass is 19.1. The van der Waals surface area contributed by atoms with Gasteiger partial charge in [-0.15, -0.1) is 0 Å². The first kappa shape index (κ1) is 21.4. The summed E-state index contributed by atoms with van der Waals surface area (Å²) in [6.07, 6.45) is 0. The SMILES string of the molecule is Cc1ccccc1-c1ccc(-c2c(C3=NOC(C)(C)C3=O)cc(F)c(C(N)=O)c2F)cc1. The van der Waals surface area contributed by atoms with Crippen molar-refractivity contribution in [3.05, 3.63) is 82.9 Å². The van der Waals surface area contributed by atoms with Crippen molar-refractivity contribution in [1.82, 2.24) is 0 Å². The number of nitrogens with two attached hydrogens (primary N) is 1. The minimum Gasteiger partial charge on any atom is -0.381 e. The zero-order chi connectivity index (χ0) is 23.2. The highest BCUT2D eigenvalue weighted by Gasteiger charge is 2.42. The molecule has 2 N–H and O–H groups in total. The summed E-state index contributed by atoms with van der Waals surface area (Å²) in [5.74, 6) is -4.11. The second-order valence-corrected chi connectivity index (χ2v) is 8.10. The molecule has 0 aliphatic carbocycles. The van der Waals surface area contributed by atoms with Gasteiger partial charge in [-0.1, -0.05) is 53.7 Å². The van der Waals surface area contributed by atoms with Crippen LogP contribution in [0.5, 0.6) is 0 Å². The lowest BCUT2D eigenvalue weighted by Gasteiger charge is -2.15. The Bertz CT molecular complexity index is 1300. The molecule has 0 fully saturated rings. The average Bonchev–Trinajstić information content (AvgIpc) is 3.01. The van der Waals surface area contributed by atoms with Gasteiger partial charge in [0.15, 0.2) is 11.3 Å². The Morgan fingerprint density at radius 1 is 1.00 bits per heavy atom. The zero-order valence-corrected chi connectivity index (χ0v) is 17.7. The quantitative estimate of drug-likeness (QED) is 0.641. The molecular formula is C25H20F2N2O3. The van der Waals surface area contributed by atoms with E-state index in [1.807, 2.05) is 31.2 Å². The fourth-order valence-electron chi connectivity index (χ4n) is 3.73. The third-order valence-corrected chi connectivity index (χ3v) is 5.48. The summed E-state index contributed by atoms with van der Waals surface area (Å²) in [5, 5.41) is 3.78. The highest BCUT2D eigenvalue weighted by Crippen LogP contribution is 2.35. The van der Waals surface area contributed by atoms with Gasteiger partial charge in [-0.2, -0.15) is 0 Å². The van der Waals surface area contributed by atoms with Crippen LogP contribution in [0, 0.1) is 18.6 Å². The molecule has 32 heavy (non-hydrogen) atoms. The number of benzene rings is 3. The molecule has 0 spiro atoms. The molecule has 4 rings (SSSR count). The van der Waals surface area contributed by atoms with E-state index in [1.54, 1.807) is 24.3 Å². The molecule has 1 aliphatic rings. The second kappa shape index (κ2) is 7.67. The number of oxime groups is 1. The largest absolute Gasteiger partial charge is 0.381 e. The maximum Gasteiger partial charge on any atom is 0.254 e. The van der Waals surface area contributed by atoms with E-state index in [2.05, 4.69) is 5.16 Å². The van der Waals surface area contributed by atoms with Gasteiger partial charge < -0.3 is 10.6 Å². The normalized spacial score (nSPS) is 14.8. The highest BCUT2D eigenvalue weighted by molar-refractivity contribution is 6.50. The molecule has 162 valence electrons. The van der Waals surface area contributed by atoms with E-state index in [4.69, 9.17) is 10.6 Å². The van der Waals surface area contributed by atoms with Gasteiger partial charge in [0.25, 0.3) is 5.91 Å². The van der Waals surface area contributed by atoms with Crippen LogP contribution < -0.4 is 5.73 Å². The molecule has 5 nitrogen and oxygen atoms in total. The number of halogens is 2. The van der Waals surface area contributed by atoms with Crippen LogP contribution >= 0.6 is 0 Å². The molecule has 0 aromatic heterocycles. The number of nitrogens with zero attached hydrogens (tertiary/aromatic N) is 1. The third-order valence-electron chi connectivity index (χ3n) is 5.48.